The van der Waals surface area contributed by atoms with Gasteiger partial charge in [0.2, 0.25) is 26.2 Å². The highest BCUT2D eigenvalue weighted by Gasteiger charge is 2.31. The van der Waals surface area contributed by atoms with Crippen LogP contribution in [0.2, 0.25) is 0 Å². The van der Waals surface area contributed by atoms with Crippen LogP contribution in [0.25, 0.3) is 0 Å². The van der Waals surface area contributed by atoms with E-state index in [0.29, 0.717) is 62.1 Å². The Labute approximate surface area is 297 Å². The molecule has 0 aromatic heterocycles. The van der Waals surface area contributed by atoms with Gasteiger partial charge < -0.3 is 28.2 Å². The maximum atomic E-state index is 12.7. The highest BCUT2D eigenvalue weighted by Crippen LogP contribution is 2.51. The zero-order valence-corrected chi connectivity index (χ0v) is 33.8. The van der Waals surface area contributed by atoms with Crippen molar-refractivity contribution < 1.29 is 41.4 Å². The lowest BCUT2D eigenvalue weighted by molar-refractivity contribution is -0.121. The third kappa shape index (κ3) is 17.2. The van der Waals surface area contributed by atoms with E-state index in [4.69, 9.17) is 44.4 Å². The lowest BCUT2D eigenvalue weighted by Gasteiger charge is -2.27. The number of nitrogens with zero attached hydrogens (tertiary/aromatic N) is 5. The van der Waals surface area contributed by atoms with Crippen LogP contribution in [0, 0.1) is 5.16 Å². The first-order valence-electron chi connectivity index (χ1n) is 14.3. The van der Waals surface area contributed by atoms with Crippen molar-refractivity contribution >= 4 is 70.8 Å². The summed E-state index contributed by atoms with van der Waals surface area (Å²) in [5, 5.41) is 14.3. The summed E-state index contributed by atoms with van der Waals surface area (Å²) < 4.78 is 56.8. The molecule has 0 aliphatic heterocycles. The minimum absolute atomic E-state index is 0.135. The van der Waals surface area contributed by atoms with Gasteiger partial charge in [-0.1, -0.05) is 16.9 Å². The molecule has 0 spiro atoms. The number of carbonyl (C=O) groups is 1. The third-order valence-electron chi connectivity index (χ3n) is 6.38. The summed E-state index contributed by atoms with van der Waals surface area (Å²) >= 11 is 5.51. The fraction of sp³-hybridized carbons (Fsp3) is 0.462. The van der Waals surface area contributed by atoms with E-state index >= 15 is 0 Å². The average Bonchev–Trinajstić information content (AvgIpc) is 3.11. The van der Waals surface area contributed by atoms with Gasteiger partial charge in [-0.25, -0.2) is 0 Å². The normalized spacial score (nSPS) is 12.7. The van der Waals surface area contributed by atoms with Gasteiger partial charge in [-0.3, -0.25) is 28.5 Å². The van der Waals surface area contributed by atoms with E-state index in [-0.39, 0.29) is 24.9 Å². The molecule has 1 amide bonds. The molecule has 2 rings (SSSR count). The standard InChI is InChI=1S/C26H39N7O9P6S/c1-32(29-19-23-10-12-24(13-11-23)41-30-44-31-45-43-27)46(49)42-25-14-8-22(9-15-25)16-17-28-26(34)7-6-18-33(20-47(35,37-2)38-3)21-48(36,39-4)40-5/h8-15,19,27H,6-7,16-18,20-21H2,1-5H3/p+1. The van der Waals surface area contributed by atoms with Crippen LogP contribution in [0.15, 0.2) is 63.1 Å². The number of rotatable bonds is 24. The van der Waals surface area contributed by atoms with Crippen LogP contribution in [-0.2, 0) is 50.2 Å². The van der Waals surface area contributed by atoms with Gasteiger partial charge in [0.25, 0.3) is 0 Å². The Hall–Kier alpha value is -1.94. The fourth-order valence-corrected chi connectivity index (χ4v) is 8.31. The number of hydrogen-bond donors (Lipinski definition) is 2. The monoisotopic (exact) mass is 812 g/mol. The second kappa shape index (κ2) is 23.5. The van der Waals surface area contributed by atoms with Gasteiger partial charge in [0.05, 0.1) is 29.4 Å². The summed E-state index contributed by atoms with van der Waals surface area (Å²) in [7, 11) is -0.0593. The summed E-state index contributed by atoms with van der Waals surface area (Å²) in [6, 6.07) is 14.7. The first-order chi connectivity index (χ1) is 23.5. The smallest absolute Gasteiger partial charge is 0.356 e. The molecule has 1 unspecified atom stereocenters. The highest BCUT2D eigenvalue weighted by molar-refractivity contribution is 8.02. The van der Waals surface area contributed by atoms with Crippen LogP contribution in [-0.4, -0.2) is 82.9 Å². The van der Waals surface area contributed by atoms with Crippen molar-refractivity contribution in [3.05, 3.63) is 59.7 Å². The van der Waals surface area contributed by atoms with Crippen LogP contribution in [0.5, 0.6) is 11.5 Å². The molecular weight excluding hydrogens is 772 g/mol. The van der Waals surface area contributed by atoms with Crippen LogP contribution >= 0.6 is 46.9 Å². The zero-order valence-electron chi connectivity index (χ0n) is 27.6. The van der Waals surface area contributed by atoms with Gasteiger partial charge >= 0.3 is 22.3 Å². The van der Waals surface area contributed by atoms with Crippen molar-refractivity contribution in [1.29, 1.82) is 5.16 Å². The number of benzene rings is 2. The first kappa shape index (κ1) is 43.2. The van der Waals surface area contributed by atoms with E-state index in [1.165, 1.54) is 28.4 Å². The molecule has 2 N–H and O–H groups in total. The molecule has 0 heterocycles. The quantitative estimate of drug-likeness (QED) is 0.0586. The number of amides is 1. The maximum Gasteiger partial charge on any atom is 0.540 e. The Morgan fingerprint density at radius 1 is 0.980 bits per heavy atom. The predicted octanol–water partition coefficient (Wildman–Crippen LogP) is 8.52. The molecule has 0 aliphatic rings. The van der Waals surface area contributed by atoms with E-state index < -0.39 is 22.3 Å². The number of hydrazone groups is 1. The second-order valence-corrected chi connectivity index (χ2v) is 18.9. The predicted molar refractivity (Wildman–Crippen MR) is 198 cm³/mol. The fourth-order valence-electron chi connectivity index (χ4n) is 3.75. The van der Waals surface area contributed by atoms with Gasteiger partial charge in [-0.2, -0.15) is 4.52 Å². The zero-order chi connectivity index (χ0) is 36.1. The van der Waals surface area contributed by atoms with Crippen molar-refractivity contribution in [2.24, 2.45) is 14.5 Å². The average molecular weight is 813 g/mol. The SMILES string of the molecule is COP(=O)(CN(CCCC(=O)NCCc1ccc(O[P+](=S)N(C)N=Cc2ccc(ON=PN=PP=N)cc2)cc1)CP(=O)(OC)OC)OC. The molecule has 2 aromatic rings. The first-order valence-corrected chi connectivity index (χ1v) is 23.3. The van der Waals surface area contributed by atoms with E-state index in [1.54, 1.807) is 35.1 Å². The van der Waals surface area contributed by atoms with Crippen LogP contribution < -0.4 is 14.7 Å². The van der Waals surface area contributed by atoms with E-state index in [9.17, 15) is 13.9 Å². The molecule has 23 heteroatoms. The molecule has 0 bridgehead atoms. The number of nitrogens with one attached hydrogen (secondary N) is 2. The van der Waals surface area contributed by atoms with Crippen molar-refractivity contribution in [2.75, 3.05) is 61.1 Å². The van der Waals surface area contributed by atoms with Gasteiger partial charge in [0, 0.05) is 41.4 Å². The Balaban J connectivity index is 1.77. The van der Waals surface area contributed by atoms with Gasteiger partial charge in [0.1, 0.15) is 12.6 Å². The Morgan fingerprint density at radius 3 is 2.14 bits per heavy atom. The van der Waals surface area contributed by atoms with Gasteiger partial charge in [0.15, 0.2) is 11.5 Å². The molecule has 268 valence electrons. The molecule has 0 saturated carbocycles. The van der Waals surface area contributed by atoms with Crippen LogP contribution in [0.3, 0.4) is 0 Å². The van der Waals surface area contributed by atoms with Gasteiger partial charge in [-0.15, -0.1) is 5.10 Å². The lowest BCUT2D eigenvalue weighted by atomic mass is 10.1. The highest BCUT2D eigenvalue weighted by atomic mass is 32.4. The molecule has 2 aromatic carbocycles. The molecule has 0 saturated heterocycles. The Morgan fingerprint density at radius 2 is 1.57 bits per heavy atom. The largest absolute Gasteiger partial charge is 0.540 e. The van der Waals surface area contributed by atoms with Crippen molar-refractivity contribution in [3.8, 4) is 11.5 Å². The molecular formula is C26H40N7O9P6S+. The lowest BCUT2D eigenvalue weighted by Crippen LogP contribution is -2.30. The van der Waals surface area contributed by atoms with Crippen LogP contribution in [0.4, 0.5) is 0 Å². The molecule has 0 fully saturated rings. The number of hydrogen-bond acceptors (Lipinski definition) is 14. The Bertz CT molecular complexity index is 1490. The minimum Gasteiger partial charge on any atom is -0.356 e. The number of carbonyl (C=O) groups excluding carboxylic acids is 1. The third-order valence-corrected chi connectivity index (χ3v) is 13.8. The molecule has 49 heavy (non-hydrogen) atoms. The second-order valence-electron chi connectivity index (χ2n) is 9.65. The van der Waals surface area contributed by atoms with Crippen molar-refractivity contribution in [1.82, 2.24) is 15.0 Å². The Kier molecular flexibility index (Phi) is 20.7. The van der Waals surface area contributed by atoms with Crippen molar-refractivity contribution in [2.45, 2.75) is 19.3 Å². The topological polar surface area (TPSA) is 186 Å². The summed E-state index contributed by atoms with van der Waals surface area (Å²) in [6.07, 6.45) is 2.62. The molecule has 0 aliphatic carbocycles. The summed E-state index contributed by atoms with van der Waals surface area (Å²) in [5.74, 6) is 1.02. The summed E-state index contributed by atoms with van der Waals surface area (Å²) in [5.41, 5.74) is 1.84. The van der Waals surface area contributed by atoms with E-state index in [0.717, 1.165) is 11.1 Å². The van der Waals surface area contributed by atoms with Crippen LogP contribution in [0.1, 0.15) is 24.0 Å². The summed E-state index contributed by atoms with van der Waals surface area (Å²) in [6.45, 7) is 0.724. The minimum atomic E-state index is -3.44. The van der Waals surface area contributed by atoms with Crippen molar-refractivity contribution in [3.63, 3.8) is 0 Å². The molecule has 0 radical (unpaired) electrons. The van der Waals surface area contributed by atoms with E-state index in [1.807, 2.05) is 36.4 Å². The summed E-state index contributed by atoms with van der Waals surface area (Å²) in [4.78, 5) is 23.1. The maximum absolute atomic E-state index is 12.7. The van der Waals surface area contributed by atoms with E-state index in [2.05, 4.69) is 19.8 Å². The molecule has 1 atom stereocenters. The van der Waals surface area contributed by atoms with Gasteiger partial charge in [-0.05, 0) is 71.8 Å². The molecule has 16 nitrogen and oxygen atoms in total.